The number of ether oxygens (including phenoxy) is 1. The maximum atomic E-state index is 12.5. The Morgan fingerprint density at radius 2 is 0.662 bits per heavy atom. The normalized spacial score (nSPS) is 12.6. The molecule has 0 saturated heterocycles. The Kier molecular flexibility index (Phi) is 59.9. The van der Waals surface area contributed by atoms with Gasteiger partial charge in [-0.3, -0.25) is 9.59 Å². The van der Waals surface area contributed by atoms with E-state index in [-0.39, 0.29) is 18.5 Å². The Hall–Kier alpha value is -1.40. The van der Waals surface area contributed by atoms with E-state index in [1.54, 1.807) is 0 Å². The zero-order chi connectivity index (χ0) is 51.4. The van der Waals surface area contributed by atoms with Crippen LogP contribution >= 0.6 is 0 Å². The first-order valence-electron chi connectivity index (χ1n) is 32.4. The van der Waals surface area contributed by atoms with E-state index in [0.29, 0.717) is 25.9 Å². The lowest BCUT2D eigenvalue weighted by molar-refractivity contribution is -0.143. The smallest absolute Gasteiger partial charge is 0.305 e. The van der Waals surface area contributed by atoms with Crippen LogP contribution in [-0.4, -0.2) is 47.4 Å². The molecular weight excluding hydrogens is 875 g/mol. The molecule has 0 aliphatic rings. The van der Waals surface area contributed by atoms with Crippen molar-refractivity contribution in [3.63, 3.8) is 0 Å². The van der Waals surface area contributed by atoms with E-state index in [9.17, 15) is 19.8 Å². The quantitative estimate of drug-likeness (QED) is 0.0320. The van der Waals surface area contributed by atoms with Crippen molar-refractivity contribution < 1.29 is 24.5 Å². The molecule has 0 fully saturated rings. The van der Waals surface area contributed by atoms with Crippen molar-refractivity contribution in [1.82, 2.24) is 5.32 Å². The second kappa shape index (κ2) is 61.1. The number of esters is 1. The third kappa shape index (κ3) is 57.7. The van der Waals surface area contributed by atoms with E-state index >= 15 is 0 Å². The van der Waals surface area contributed by atoms with E-state index in [1.807, 2.05) is 0 Å². The average molecular weight is 1000 g/mol. The highest BCUT2D eigenvalue weighted by atomic mass is 16.5. The van der Waals surface area contributed by atoms with Gasteiger partial charge in [-0.05, 0) is 51.4 Å². The van der Waals surface area contributed by atoms with E-state index in [4.69, 9.17) is 4.74 Å². The molecule has 0 aromatic heterocycles. The zero-order valence-electron chi connectivity index (χ0n) is 48.2. The maximum absolute atomic E-state index is 12.5. The summed E-state index contributed by atoms with van der Waals surface area (Å²) in [7, 11) is 0. The first kappa shape index (κ1) is 69.6. The van der Waals surface area contributed by atoms with Crippen molar-refractivity contribution in [2.24, 2.45) is 0 Å². The minimum absolute atomic E-state index is 0.00720. The summed E-state index contributed by atoms with van der Waals surface area (Å²) in [5, 5.41) is 23.4. The van der Waals surface area contributed by atoms with Crippen molar-refractivity contribution >= 4 is 11.9 Å². The van der Waals surface area contributed by atoms with Gasteiger partial charge in [-0.15, -0.1) is 0 Å². The minimum Gasteiger partial charge on any atom is -0.466 e. The van der Waals surface area contributed by atoms with E-state index < -0.39 is 12.1 Å². The summed E-state index contributed by atoms with van der Waals surface area (Å²) in [6.45, 7) is 4.96. The van der Waals surface area contributed by atoms with Crippen LogP contribution in [0.2, 0.25) is 0 Å². The molecular formula is C65H127NO5. The molecule has 2 unspecified atom stereocenters. The number of unbranched alkanes of at least 4 members (excludes halogenated alkanes) is 48. The Balaban J connectivity index is 3.42. The van der Waals surface area contributed by atoms with Crippen LogP contribution in [0.5, 0.6) is 0 Å². The summed E-state index contributed by atoms with van der Waals surface area (Å²) < 4.78 is 5.49. The zero-order valence-corrected chi connectivity index (χ0v) is 48.2. The molecule has 71 heavy (non-hydrogen) atoms. The Morgan fingerprint density at radius 1 is 0.380 bits per heavy atom. The Labute approximate surface area is 444 Å². The van der Waals surface area contributed by atoms with Crippen LogP contribution in [0, 0.1) is 0 Å². The van der Waals surface area contributed by atoms with Crippen molar-refractivity contribution in [2.75, 3.05) is 13.2 Å². The molecule has 0 aromatic carbocycles. The molecule has 0 spiro atoms. The van der Waals surface area contributed by atoms with Gasteiger partial charge >= 0.3 is 5.97 Å². The molecule has 0 aliphatic heterocycles. The predicted octanol–water partition coefficient (Wildman–Crippen LogP) is 20.4. The fourth-order valence-corrected chi connectivity index (χ4v) is 10.3. The molecule has 1 amide bonds. The van der Waals surface area contributed by atoms with Crippen LogP contribution in [0.25, 0.3) is 0 Å². The summed E-state index contributed by atoms with van der Waals surface area (Å²) in [6, 6.07) is -0.552. The first-order chi connectivity index (χ1) is 35.0. The third-order valence-corrected chi connectivity index (χ3v) is 15.3. The summed E-state index contributed by atoms with van der Waals surface area (Å²) in [5.41, 5.74) is 0. The van der Waals surface area contributed by atoms with Gasteiger partial charge in [0, 0.05) is 12.8 Å². The van der Waals surface area contributed by atoms with E-state index in [2.05, 4.69) is 31.3 Å². The lowest BCUT2D eigenvalue weighted by atomic mass is 10.0. The van der Waals surface area contributed by atoms with Crippen LogP contribution in [0.1, 0.15) is 367 Å². The minimum atomic E-state index is -0.674. The highest BCUT2D eigenvalue weighted by Crippen LogP contribution is 2.18. The number of hydrogen-bond acceptors (Lipinski definition) is 5. The highest BCUT2D eigenvalue weighted by molar-refractivity contribution is 5.76. The molecule has 3 N–H and O–H groups in total. The van der Waals surface area contributed by atoms with Crippen LogP contribution in [-0.2, 0) is 14.3 Å². The Bertz CT molecular complexity index is 1060. The van der Waals surface area contributed by atoms with Crippen molar-refractivity contribution in [1.29, 1.82) is 0 Å². The van der Waals surface area contributed by atoms with Crippen LogP contribution < -0.4 is 5.32 Å². The molecule has 0 heterocycles. The first-order valence-corrected chi connectivity index (χ1v) is 32.4. The lowest BCUT2D eigenvalue weighted by Gasteiger charge is -2.22. The lowest BCUT2D eigenvalue weighted by Crippen LogP contribution is -2.45. The van der Waals surface area contributed by atoms with Gasteiger partial charge in [0.25, 0.3) is 0 Å². The molecule has 0 aliphatic carbocycles. The predicted molar refractivity (Wildman–Crippen MR) is 310 cm³/mol. The molecule has 0 saturated carbocycles. The fraction of sp³-hybridized carbons (Fsp3) is 0.938. The topological polar surface area (TPSA) is 95.9 Å². The molecule has 6 heteroatoms. The van der Waals surface area contributed by atoms with E-state index in [0.717, 1.165) is 51.4 Å². The Morgan fingerprint density at radius 3 is 1.00 bits per heavy atom. The van der Waals surface area contributed by atoms with Gasteiger partial charge in [-0.25, -0.2) is 0 Å². The number of rotatable bonds is 61. The maximum Gasteiger partial charge on any atom is 0.305 e. The standard InChI is InChI=1S/C65H127NO5/c1-3-5-7-9-11-13-15-17-19-21-22-23-24-25-26-27-29-30-33-37-41-45-49-53-57-63(68)62(61-67)66-64(69)58-54-50-46-42-38-34-32-36-40-44-48-52-56-60-71-65(70)59-55-51-47-43-39-35-31-28-20-18-16-14-12-10-8-6-4-2/h18,20,62-63,67-68H,3-17,19,21-61H2,1-2H3,(H,66,69)/b20-18-. The number of aliphatic hydroxyl groups excluding tert-OH is 2. The van der Waals surface area contributed by atoms with Gasteiger partial charge < -0.3 is 20.3 Å². The highest BCUT2D eigenvalue weighted by Gasteiger charge is 2.20. The molecule has 0 bridgehead atoms. The number of carbonyl (C=O) groups excluding carboxylic acids is 2. The fourth-order valence-electron chi connectivity index (χ4n) is 10.3. The van der Waals surface area contributed by atoms with Crippen molar-refractivity contribution in [2.45, 2.75) is 379 Å². The molecule has 2 atom stereocenters. The molecule has 422 valence electrons. The number of nitrogens with one attached hydrogen (secondary N) is 1. The van der Waals surface area contributed by atoms with Crippen LogP contribution in [0.4, 0.5) is 0 Å². The van der Waals surface area contributed by atoms with Gasteiger partial charge in [0.15, 0.2) is 0 Å². The monoisotopic (exact) mass is 1000 g/mol. The number of allylic oxidation sites excluding steroid dienone is 2. The summed E-state index contributed by atoms with van der Waals surface area (Å²) in [5.74, 6) is -0.0505. The second-order valence-corrected chi connectivity index (χ2v) is 22.5. The van der Waals surface area contributed by atoms with Gasteiger partial charge in [0.1, 0.15) is 0 Å². The molecule has 6 nitrogen and oxygen atoms in total. The SMILES string of the molecule is CCCCCCCC/C=C\CCCCCCCCCC(=O)OCCCCCCCCCCCCCCCC(=O)NC(CO)C(O)CCCCCCCCCCCCCCCCCCCCCCCCCC. The number of hydrogen-bond donors (Lipinski definition) is 3. The van der Waals surface area contributed by atoms with Gasteiger partial charge in [0.05, 0.1) is 25.4 Å². The van der Waals surface area contributed by atoms with Crippen LogP contribution in [0.3, 0.4) is 0 Å². The number of amides is 1. The second-order valence-electron chi connectivity index (χ2n) is 22.5. The largest absolute Gasteiger partial charge is 0.466 e. The van der Waals surface area contributed by atoms with Crippen LogP contribution in [0.15, 0.2) is 12.2 Å². The third-order valence-electron chi connectivity index (χ3n) is 15.3. The van der Waals surface area contributed by atoms with Crippen molar-refractivity contribution in [3.8, 4) is 0 Å². The summed E-state index contributed by atoms with van der Waals surface area (Å²) >= 11 is 0. The van der Waals surface area contributed by atoms with E-state index in [1.165, 1.54) is 283 Å². The van der Waals surface area contributed by atoms with Gasteiger partial charge in [-0.2, -0.15) is 0 Å². The molecule has 0 aromatic rings. The van der Waals surface area contributed by atoms with Crippen molar-refractivity contribution in [3.05, 3.63) is 12.2 Å². The average Bonchev–Trinajstić information content (AvgIpc) is 3.37. The summed E-state index contributed by atoms with van der Waals surface area (Å²) in [6.07, 6.45) is 73.6. The number of carbonyl (C=O) groups is 2. The number of aliphatic hydroxyl groups is 2. The summed E-state index contributed by atoms with van der Waals surface area (Å²) in [4.78, 5) is 24.6. The van der Waals surface area contributed by atoms with Gasteiger partial charge in [-0.1, -0.05) is 315 Å². The van der Waals surface area contributed by atoms with Gasteiger partial charge in [0.2, 0.25) is 5.91 Å². The molecule has 0 rings (SSSR count). The molecule has 0 radical (unpaired) electrons.